The topological polar surface area (TPSA) is 138 Å². The molecular formula is C26H25F3N6O5S. The number of ether oxygens (including phenoxy) is 1. The van der Waals surface area contributed by atoms with Crippen LogP contribution < -0.4 is 15.0 Å². The molecule has 2 N–H and O–H groups in total. The maximum absolute atomic E-state index is 13.4. The first-order chi connectivity index (χ1) is 19.4. The highest BCUT2D eigenvalue weighted by molar-refractivity contribution is 7.15. The summed E-state index contributed by atoms with van der Waals surface area (Å²) in [6.07, 6.45) is -1.43. The van der Waals surface area contributed by atoms with E-state index in [1.54, 1.807) is 19.2 Å². The van der Waals surface area contributed by atoms with Crippen LogP contribution in [0.4, 0.5) is 23.7 Å². The summed E-state index contributed by atoms with van der Waals surface area (Å²) in [5, 5.41) is 12.6. The molecule has 3 amide bonds. The Morgan fingerprint density at radius 3 is 2.56 bits per heavy atom. The first kappa shape index (κ1) is 28.3. The number of halogens is 3. The molecule has 4 heterocycles. The molecule has 0 spiro atoms. The molecule has 2 aliphatic rings. The highest BCUT2D eigenvalue weighted by atomic mass is 32.1. The standard InChI is InChI=1S/C26H25F3N6O5S/c1-13-7-30-23(41-13)18-5-16(22(37)33-14(2)17-8-31-24(32-9-17)26(27,28)29)6-19-21(18)40-12-20(36)35(19)11-15-3-4-34(10-15)25(38)39/h5-9,14-15H,3-4,10-12H2,1-2H3,(H,33,37)(H,38,39)/t14-,15?/m1/s1. The number of nitrogens with zero attached hydrogens (tertiary/aromatic N) is 5. The minimum absolute atomic E-state index is 0.108. The van der Waals surface area contributed by atoms with Crippen molar-refractivity contribution in [2.45, 2.75) is 32.5 Å². The number of anilines is 1. The Kier molecular flexibility index (Phi) is 7.55. The van der Waals surface area contributed by atoms with E-state index in [-0.39, 0.29) is 42.6 Å². The van der Waals surface area contributed by atoms with E-state index in [4.69, 9.17) is 4.74 Å². The van der Waals surface area contributed by atoms with Gasteiger partial charge in [-0.05, 0) is 38.3 Å². The summed E-state index contributed by atoms with van der Waals surface area (Å²) >= 11 is 1.38. The number of carbonyl (C=O) groups excluding carboxylic acids is 2. The van der Waals surface area contributed by atoms with Crippen LogP contribution in [0.25, 0.3) is 10.6 Å². The summed E-state index contributed by atoms with van der Waals surface area (Å²) in [4.78, 5) is 52.7. The number of carboxylic acid groups (broad SMARTS) is 1. The third-order valence-corrected chi connectivity index (χ3v) is 7.83. The molecule has 216 valence electrons. The molecule has 0 saturated carbocycles. The first-order valence-electron chi connectivity index (χ1n) is 12.6. The largest absolute Gasteiger partial charge is 0.481 e. The number of thiazole rings is 1. The van der Waals surface area contributed by atoms with Crippen molar-refractivity contribution in [3.05, 3.63) is 52.6 Å². The fourth-order valence-corrected chi connectivity index (χ4v) is 5.54. The Labute approximate surface area is 236 Å². The van der Waals surface area contributed by atoms with Crippen LogP contribution in [0, 0.1) is 12.8 Å². The SMILES string of the molecule is Cc1cnc(-c2cc(C(=O)N[C@H](C)c3cnc(C(F)(F)F)nc3)cc3c2OCC(=O)N3CC2CCN(C(=O)O)C2)s1. The van der Waals surface area contributed by atoms with Gasteiger partial charge in [-0.25, -0.2) is 19.7 Å². The third kappa shape index (κ3) is 5.94. The lowest BCUT2D eigenvalue weighted by atomic mass is 10.0. The molecule has 1 saturated heterocycles. The maximum atomic E-state index is 13.4. The summed E-state index contributed by atoms with van der Waals surface area (Å²) in [6, 6.07) is 2.38. The van der Waals surface area contributed by atoms with E-state index >= 15 is 0 Å². The van der Waals surface area contributed by atoms with Crippen LogP contribution in [-0.2, 0) is 11.0 Å². The molecule has 3 aromatic rings. The van der Waals surface area contributed by atoms with E-state index < -0.39 is 30.0 Å². The summed E-state index contributed by atoms with van der Waals surface area (Å²) < 4.78 is 44.4. The number of alkyl halides is 3. The fraction of sp³-hybridized carbons (Fsp3) is 0.385. The lowest BCUT2D eigenvalue weighted by Gasteiger charge is -2.32. The highest BCUT2D eigenvalue weighted by Crippen LogP contribution is 2.44. The minimum atomic E-state index is -4.69. The molecular weight excluding hydrogens is 565 g/mol. The van der Waals surface area contributed by atoms with Gasteiger partial charge in [0, 0.05) is 54.2 Å². The van der Waals surface area contributed by atoms with Gasteiger partial charge in [0.25, 0.3) is 11.8 Å². The number of benzene rings is 1. The number of amides is 3. The molecule has 2 atom stereocenters. The molecule has 41 heavy (non-hydrogen) atoms. The summed E-state index contributed by atoms with van der Waals surface area (Å²) in [5.74, 6) is -1.89. The summed E-state index contributed by atoms with van der Waals surface area (Å²) in [5.41, 5.74) is 1.31. The number of nitrogens with one attached hydrogen (secondary N) is 1. The van der Waals surface area contributed by atoms with Gasteiger partial charge in [0.05, 0.1) is 17.3 Å². The zero-order valence-electron chi connectivity index (χ0n) is 21.9. The van der Waals surface area contributed by atoms with Gasteiger partial charge in [0.1, 0.15) is 5.01 Å². The molecule has 5 rings (SSSR count). The van der Waals surface area contributed by atoms with Gasteiger partial charge in [-0.2, -0.15) is 13.2 Å². The summed E-state index contributed by atoms with van der Waals surface area (Å²) in [6.45, 7) is 4.11. The number of aryl methyl sites for hydroxylation is 1. The first-order valence-corrected chi connectivity index (χ1v) is 13.4. The lowest BCUT2D eigenvalue weighted by molar-refractivity contribution is -0.145. The highest BCUT2D eigenvalue weighted by Gasteiger charge is 2.36. The molecule has 1 unspecified atom stereocenters. The van der Waals surface area contributed by atoms with E-state index in [1.165, 1.54) is 27.2 Å². The number of fused-ring (bicyclic) bond motifs is 1. The molecule has 15 heteroatoms. The van der Waals surface area contributed by atoms with Crippen molar-refractivity contribution in [2.75, 3.05) is 31.1 Å². The fourth-order valence-electron chi connectivity index (χ4n) is 4.77. The van der Waals surface area contributed by atoms with E-state index in [1.807, 2.05) is 6.92 Å². The van der Waals surface area contributed by atoms with Crippen molar-refractivity contribution < 1.29 is 37.4 Å². The molecule has 2 aromatic heterocycles. The van der Waals surface area contributed by atoms with Crippen molar-refractivity contribution in [3.63, 3.8) is 0 Å². The Hall–Kier alpha value is -4.27. The molecule has 0 radical (unpaired) electrons. The van der Waals surface area contributed by atoms with Gasteiger partial charge in [0.2, 0.25) is 5.82 Å². The number of hydrogen-bond acceptors (Lipinski definition) is 8. The van der Waals surface area contributed by atoms with Gasteiger partial charge in [-0.1, -0.05) is 0 Å². The average Bonchev–Trinajstić information content (AvgIpc) is 3.58. The van der Waals surface area contributed by atoms with Crippen molar-refractivity contribution in [3.8, 4) is 16.3 Å². The van der Waals surface area contributed by atoms with Crippen LogP contribution in [0.15, 0.2) is 30.7 Å². The van der Waals surface area contributed by atoms with E-state index in [0.717, 1.165) is 17.3 Å². The quantitative estimate of drug-likeness (QED) is 0.437. The second kappa shape index (κ2) is 11.0. The van der Waals surface area contributed by atoms with Crippen molar-refractivity contribution >= 4 is 34.9 Å². The monoisotopic (exact) mass is 590 g/mol. The average molecular weight is 591 g/mol. The van der Waals surface area contributed by atoms with Gasteiger partial charge in [0.15, 0.2) is 12.4 Å². The van der Waals surface area contributed by atoms with Crippen molar-refractivity contribution in [2.24, 2.45) is 5.92 Å². The molecule has 11 nitrogen and oxygen atoms in total. The third-order valence-electron chi connectivity index (χ3n) is 6.89. The zero-order valence-corrected chi connectivity index (χ0v) is 22.8. The Balaban J connectivity index is 1.46. The number of rotatable bonds is 6. The van der Waals surface area contributed by atoms with Crippen LogP contribution in [0.5, 0.6) is 5.75 Å². The van der Waals surface area contributed by atoms with Crippen LogP contribution in [0.1, 0.15) is 46.0 Å². The number of aromatic nitrogens is 3. The van der Waals surface area contributed by atoms with Crippen LogP contribution >= 0.6 is 11.3 Å². The molecule has 2 aliphatic heterocycles. The van der Waals surface area contributed by atoms with Gasteiger partial charge in [-0.3, -0.25) is 9.59 Å². The molecule has 0 bridgehead atoms. The lowest BCUT2D eigenvalue weighted by Crippen LogP contribution is -2.42. The van der Waals surface area contributed by atoms with Crippen molar-refractivity contribution in [1.29, 1.82) is 0 Å². The van der Waals surface area contributed by atoms with Crippen LogP contribution in [0.3, 0.4) is 0 Å². The Bertz CT molecular complexity index is 1500. The van der Waals surface area contributed by atoms with E-state index in [2.05, 4.69) is 20.3 Å². The molecule has 1 aromatic carbocycles. The minimum Gasteiger partial charge on any atom is -0.481 e. The second-order valence-electron chi connectivity index (χ2n) is 9.86. The normalized spacial score (nSPS) is 17.7. The predicted octanol–water partition coefficient (Wildman–Crippen LogP) is 4.14. The van der Waals surface area contributed by atoms with E-state index in [0.29, 0.717) is 35.0 Å². The predicted molar refractivity (Wildman–Crippen MR) is 141 cm³/mol. The maximum Gasteiger partial charge on any atom is 0.451 e. The number of likely N-dealkylation sites (tertiary alicyclic amines) is 1. The van der Waals surface area contributed by atoms with Gasteiger partial charge < -0.3 is 25.0 Å². The van der Waals surface area contributed by atoms with Crippen molar-refractivity contribution in [1.82, 2.24) is 25.2 Å². The smallest absolute Gasteiger partial charge is 0.451 e. The van der Waals surface area contributed by atoms with Gasteiger partial charge >= 0.3 is 12.3 Å². The van der Waals surface area contributed by atoms with Crippen LogP contribution in [-0.4, -0.2) is 69.1 Å². The molecule has 1 fully saturated rings. The molecule has 0 aliphatic carbocycles. The zero-order chi connectivity index (χ0) is 29.5. The number of hydrogen-bond donors (Lipinski definition) is 2. The van der Waals surface area contributed by atoms with E-state index in [9.17, 15) is 32.7 Å². The van der Waals surface area contributed by atoms with Gasteiger partial charge in [-0.15, -0.1) is 11.3 Å². The van der Waals surface area contributed by atoms with Crippen LogP contribution in [0.2, 0.25) is 0 Å². The Morgan fingerprint density at radius 2 is 1.95 bits per heavy atom. The number of carbonyl (C=O) groups is 3. The Morgan fingerprint density at radius 1 is 1.22 bits per heavy atom. The summed E-state index contributed by atoms with van der Waals surface area (Å²) in [7, 11) is 0. The second-order valence-corrected chi connectivity index (χ2v) is 11.1.